The topological polar surface area (TPSA) is 50.4 Å². The lowest BCUT2D eigenvalue weighted by molar-refractivity contribution is 0.0951. The van der Waals surface area contributed by atoms with E-state index >= 15 is 0 Å². The third-order valence-corrected chi connectivity index (χ3v) is 4.26. The van der Waals surface area contributed by atoms with Crippen molar-refractivity contribution in [2.45, 2.75) is 9.79 Å². The third-order valence-electron chi connectivity index (χ3n) is 3.17. The maximum atomic E-state index is 12.4. The van der Waals surface area contributed by atoms with Crippen molar-refractivity contribution in [3.63, 3.8) is 0 Å². The van der Waals surface area contributed by atoms with Crippen molar-refractivity contribution in [1.29, 1.82) is 0 Å². The number of amides is 1. The Kier molecular flexibility index (Phi) is 10.2. The Balaban J connectivity index is 0.00000288. The Labute approximate surface area is 153 Å². The summed E-state index contributed by atoms with van der Waals surface area (Å²) in [7, 11) is 1.67. The summed E-state index contributed by atoms with van der Waals surface area (Å²) in [6, 6.07) is 17.7. The van der Waals surface area contributed by atoms with Crippen LogP contribution >= 0.6 is 24.2 Å². The molecule has 2 aromatic carbocycles. The van der Waals surface area contributed by atoms with E-state index in [4.69, 9.17) is 4.74 Å². The standard InChI is InChI=1S/C18H22N2O2S.ClH/c1-22-14-13-19-11-12-20-18(21)16-9-5-6-10-17(16)23-15-7-3-2-4-8-15;/h2-10,19H,11-14H2,1H3,(H,20,21);1H. The molecule has 4 nitrogen and oxygen atoms in total. The van der Waals surface area contributed by atoms with Gasteiger partial charge < -0.3 is 15.4 Å². The largest absolute Gasteiger partial charge is 0.383 e. The van der Waals surface area contributed by atoms with Gasteiger partial charge in [0.2, 0.25) is 0 Å². The Morgan fingerprint density at radius 2 is 1.71 bits per heavy atom. The summed E-state index contributed by atoms with van der Waals surface area (Å²) in [5.41, 5.74) is 0.707. The summed E-state index contributed by atoms with van der Waals surface area (Å²) < 4.78 is 4.96. The van der Waals surface area contributed by atoms with Crippen molar-refractivity contribution in [3.8, 4) is 0 Å². The van der Waals surface area contributed by atoms with E-state index in [-0.39, 0.29) is 18.3 Å². The van der Waals surface area contributed by atoms with Gasteiger partial charge in [-0.15, -0.1) is 12.4 Å². The summed E-state index contributed by atoms with van der Waals surface area (Å²) in [4.78, 5) is 14.4. The summed E-state index contributed by atoms with van der Waals surface area (Å²) in [5.74, 6) is -0.0439. The van der Waals surface area contributed by atoms with Gasteiger partial charge in [-0.1, -0.05) is 42.1 Å². The first-order valence-electron chi connectivity index (χ1n) is 7.61. The van der Waals surface area contributed by atoms with Crippen LogP contribution in [0.4, 0.5) is 0 Å². The fourth-order valence-corrected chi connectivity index (χ4v) is 2.98. The Hall–Kier alpha value is -1.53. The molecule has 2 N–H and O–H groups in total. The predicted molar refractivity (Wildman–Crippen MR) is 101 cm³/mol. The zero-order valence-corrected chi connectivity index (χ0v) is 15.3. The maximum absolute atomic E-state index is 12.4. The normalized spacial score (nSPS) is 10.0. The summed E-state index contributed by atoms with van der Waals surface area (Å²) in [5, 5.41) is 6.15. The van der Waals surface area contributed by atoms with E-state index in [0.717, 1.165) is 22.9 Å². The molecule has 0 heterocycles. The second-order valence-corrected chi connectivity index (χ2v) is 6.03. The molecule has 2 aromatic rings. The van der Waals surface area contributed by atoms with Crippen molar-refractivity contribution in [2.24, 2.45) is 0 Å². The molecule has 0 aliphatic rings. The van der Waals surface area contributed by atoms with E-state index in [9.17, 15) is 4.79 Å². The molecule has 0 unspecified atom stereocenters. The second-order valence-electron chi connectivity index (χ2n) is 4.91. The molecular weight excluding hydrogens is 344 g/mol. The molecule has 24 heavy (non-hydrogen) atoms. The second kappa shape index (κ2) is 11.9. The van der Waals surface area contributed by atoms with Gasteiger partial charge in [0.15, 0.2) is 0 Å². The molecule has 2 rings (SSSR count). The van der Waals surface area contributed by atoms with Crippen molar-refractivity contribution < 1.29 is 9.53 Å². The van der Waals surface area contributed by atoms with Crippen LogP contribution in [0.5, 0.6) is 0 Å². The van der Waals surface area contributed by atoms with E-state index in [2.05, 4.69) is 10.6 Å². The highest BCUT2D eigenvalue weighted by Crippen LogP contribution is 2.30. The zero-order valence-electron chi connectivity index (χ0n) is 13.7. The molecule has 1 amide bonds. The Bertz CT molecular complexity index is 611. The van der Waals surface area contributed by atoms with Gasteiger partial charge in [-0.05, 0) is 24.3 Å². The van der Waals surface area contributed by atoms with Gasteiger partial charge in [-0.2, -0.15) is 0 Å². The summed E-state index contributed by atoms with van der Waals surface area (Å²) in [6.07, 6.45) is 0. The van der Waals surface area contributed by atoms with Gasteiger partial charge in [-0.25, -0.2) is 0 Å². The third kappa shape index (κ3) is 6.93. The quantitative estimate of drug-likeness (QED) is 0.669. The van der Waals surface area contributed by atoms with Gasteiger partial charge in [0.1, 0.15) is 0 Å². The van der Waals surface area contributed by atoms with Crippen LogP contribution in [0, 0.1) is 0 Å². The first-order chi connectivity index (χ1) is 11.3. The molecule has 0 aliphatic carbocycles. The lowest BCUT2D eigenvalue weighted by Gasteiger charge is -2.10. The van der Waals surface area contributed by atoms with Crippen LogP contribution < -0.4 is 10.6 Å². The molecule has 0 aromatic heterocycles. The number of carbonyl (C=O) groups excluding carboxylic acids is 1. The molecule has 6 heteroatoms. The Morgan fingerprint density at radius 3 is 2.46 bits per heavy atom. The van der Waals surface area contributed by atoms with Crippen molar-refractivity contribution >= 4 is 30.1 Å². The number of halogens is 1. The zero-order chi connectivity index (χ0) is 16.3. The molecule has 130 valence electrons. The molecule has 0 bridgehead atoms. The van der Waals surface area contributed by atoms with Gasteiger partial charge in [0, 0.05) is 36.5 Å². The predicted octanol–water partition coefficient (Wildman–Crippen LogP) is 3.23. The van der Waals surface area contributed by atoms with Gasteiger partial charge >= 0.3 is 0 Å². The minimum atomic E-state index is -0.0439. The lowest BCUT2D eigenvalue weighted by Crippen LogP contribution is -2.33. The van der Waals surface area contributed by atoms with Crippen LogP contribution in [0.15, 0.2) is 64.4 Å². The molecule has 0 fully saturated rings. The lowest BCUT2D eigenvalue weighted by atomic mass is 10.2. The fourth-order valence-electron chi connectivity index (χ4n) is 2.02. The van der Waals surface area contributed by atoms with E-state index < -0.39 is 0 Å². The van der Waals surface area contributed by atoms with E-state index in [1.54, 1.807) is 18.9 Å². The average molecular weight is 367 g/mol. The SMILES string of the molecule is COCCNCCNC(=O)c1ccccc1Sc1ccccc1.Cl. The number of hydrogen-bond donors (Lipinski definition) is 2. The highest BCUT2D eigenvalue weighted by molar-refractivity contribution is 7.99. The van der Waals surface area contributed by atoms with E-state index in [1.807, 2.05) is 54.6 Å². The van der Waals surface area contributed by atoms with E-state index in [0.29, 0.717) is 18.7 Å². The van der Waals surface area contributed by atoms with Crippen LogP contribution in [0.2, 0.25) is 0 Å². The summed E-state index contributed by atoms with van der Waals surface area (Å²) >= 11 is 1.60. The summed E-state index contributed by atoms with van der Waals surface area (Å²) in [6.45, 7) is 2.77. The smallest absolute Gasteiger partial charge is 0.252 e. The first-order valence-corrected chi connectivity index (χ1v) is 8.42. The number of ether oxygens (including phenoxy) is 1. The van der Waals surface area contributed by atoms with Crippen molar-refractivity contribution in [1.82, 2.24) is 10.6 Å². The molecule has 0 radical (unpaired) electrons. The Morgan fingerprint density at radius 1 is 1.00 bits per heavy atom. The fraction of sp³-hybridized carbons (Fsp3) is 0.278. The molecule has 0 aliphatic heterocycles. The first kappa shape index (κ1) is 20.5. The van der Waals surface area contributed by atoms with Crippen molar-refractivity contribution in [2.75, 3.05) is 33.4 Å². The van der Waals surface area contributed by atoms with Crippen LogP contribution in [-0.2, 0) is 4.74 Å². The molecule has 0 spiro atoms. The van der Waals surface area contributed by atoms with Crippen molar-refractivity contribution in [3.05, 3.63) is 60.2 Å². The molecule has 0 saturated carbocycles. The number of nitrogens with one attached hydrogen (secondary N) is 2. The highest BCUT2D eigenvalue weighted by atomic mass is 35.5. The number of rotatable bonds is 9. The van der Waals surface area contributed by atoms with Gasteiger partial charge in [-0.3, -0.25) is 4.79 Å². The van der Waals surface area contributed by atoms with Crippen LogP contribution in [0.3, 0.4) is 0 Å². The number of carbonyl (C=O) groups is 1. The van der Waals surface area contributed by atoms with Gasteiger partial charge in [0.05, 0.1) is 12.2 Å². The minimum absolute atomic E-state index is 0. The molecular formula is C18H23ClN2O2S. The number of benzene rings is 2. The molecule has 0 atom stereocenters. The number of hydrogen-bond acceptors (Lipinski definition) is 4. The average Bonchev–Trinajstić information content (AvgIpc) is 2.59. The van der Waals surface area contributed by atoms with Crippen LogP contribution in [0.25, 0.3) is 0 Å². The van der Waals surface area contributed by atoms with E-state index in [1.165, 1.54) is 0 Å². The van der Waals surface area contributed by atoms with Gasteiger partial charge in [0.25, 0.3) is 5.91 Å². The molecule has 0 saturated heterocycles. The monoisotopic (exact) mass is 366 g/mol. The maximum Gasteiger partial charge on any atom is 0.252 e. The minimum Gasteiger partial charge on any atom is -0.383 e. The highest BCUT2D eigenvalue weighted by Gasteiger charge is 2.11. The van der Waals surface area contributed by atoms with Crippen LogP contribution in [0.1, 0.15) is 10.4 Å². The van der Waals surface area contributed by atoms with Crippen LogP contribution in [-0.4, -0.2) is 39.3 Å². The number of methoxy groups -OCH3 is 1.